The Morgan fingerprint density at radius 1 is 1.64 bits per heavy atom. The average molecular weight is 207 g/mol. The molecule has 14 heavy (non-hydrogen) atoms. The molecule has 4 heteroatoms. The van der Waals surface area contributed by atoms with E-state index < -0.39 is 6.16 Å². The van der Waals surface area contributed by atoms with Gasteiger partial charge in [0.2, 0.25) is 0 Å². The lowest BCUT2D eigenvalue weighted by atomic mass is 10.3. The van der Waals surface area contributed by atoms with Crippen molar-refractivity contribution in [2.75, 3.05) is 11.9 Å². The van der Waals surface area contributed by atoms with Crippen LogP contribution < -0.4 is 10.1 Å². The van der Waals surface area contributed by atoms with E-state index >= 15 is 0 Å². The van der Waals surface area contributed by atoms with Crippen molar-refractivity contribution in [3.63, 3.8) is 0 Å². The van der Waals surface area contributed by atoms with E-state index in [9.17, 15) is 9.18 Å². The minimum atomic E-state index is -1.45. The third-order valence-electron chi connectivity index (χ3n) is 1.77. The standard InChI is InChI=1S/C10H10FNOSi/c1-3-14-9-6-4-5-8(7-9)12(2)10(11)13/h3-7H,1H2,2H3. The van der Waals surface area contributed by atoms with Crippen LogP contribution in [0, 0.1) is 0 Å². The third-order valence-corrected chi connectivity index (χ3v) is 2.61. The Hall–Kier alpha value is -1.42. The SMILES string of the molecule is C=C[Si]c1cccc(N(C)C(=O)F)c1. The van der Waals surface area contributed by atoms with Crippen LogP contribution in [0.25, 0.3) is 0 Å². The van der Waals surface area contributed by atoms with Gasteiger partial charge >= 0.3 is 6.16 Å². The van der Waals surface area contributed by atoms with Crippen molar-refractivity contribution in [3.05, 3.63) is 36.5 Å². The molecule has 0 saturated heterocycles. The lowest BCUT2D eigenvalue weighted by Gasteiger charge is -2.12. The van der Waals surface area contributed by atoms with Crippen LogP contribution in [-0.4, -0.2) is 22.7 Å². The van der Waals surface area contributed by atoms with Gasteiger partial charge in [-0.15, -0.1) is 16.7 Å². The Morgan fingerprint density at radius 3 is 2.93 bits per heavy atom. The predicted octanol–water partition coefficient (Wildman–Crippen LogP) is 1.69. The van der Waals surface area contributed by atoms with Crippen molar-refractivity contribution in [2.45, 2.75) is 0 Å². The van der Waals surface area contributed by atoms with Gasteiger partial charge in [-0.2, -0.15) is 0 Å². The van der Waals surface area contributed by atoms with Crippen molar-refractivity contribution >= 4 is 26.6 Å². The molecule has 1 amide bonds. The lowest BCUT2D eigenvalue weighted by Crippen LogP contribution is -2.22. The largest absolute Gasteiger partial charge is 0.404 e. The highest BCUT2D eigenvalue weighted by Crippen LogP contribution is 2.10. The molecule has 0 aliphatic carbocycles. The predicted molar refractivity (Wildman–Crippen MR) is 56.9 cm³/mol. The first-order valence-electron chi connectivity index (χ1n) is 4.06. The fraction of sp³-hybridized carbons (Fsp3) is 0.100. The molecule has 1 aromatic rings. The van der Waals surface area contributed by atoms with Gasteiger partial charge in [-0.05, 0) is 12.1 Å². The second kappa shape index (κ2) is 4.71. The maximum Gasteiger partial charge on any atom is 0.404 e. The quantitative estimate of drug-likeness (QED) is 0.419. The summed E-state index contributed by atoms with van der Waals surface area (Å²) in [5, 5.41) is 1.03. The molecule has 0 aliphatic heterocycles. The number of carbonyl (C=O) groups excluding carboxylic acids is 1. The molecule has 0 aromatic heterocycles. The molecule has 1 rings (SSSR count). The molecular weight excluding hydrogens is 197 g/mol. The summed E-state index contributed by atoms with van der Waals surface area (Å²) in [4.78, 5) is 11.4. The zero-order chi connectivity index (χ0) is 10.6. The van der Waals surface area contributed by atoms with Gasteiger partial charge < -0.3 is 0 Å². The smallest absolute Gasteiger partial charge is 0.287 e. The van der Waals surface area contributed by atoms with Crippen LogP contribution in [-0.2, 0) is 0 Å². The van der Waals surface area contributed by atoms with Crippen LogP contribution in [0.4, 0.5) is 14.9 Å². The monoisotopic (exact) mass is 207 g/mol. The molecule has 0 saturated carbocycles. The summed E-state index contributed by atoms with van der Waals surface area (Å²) in [6.45, 7) is 3.62. The van der Waals surface area contributed by atoms with Crippen molar-refractivity contribution in [3.8, 4) is 0 Å². The normalized spacial score (nSPS) is 9.57. The highest BCUT2D eigenvalue weighted by Gasteiger charge is 2.08. The minimum absolute atomic E-state index is 0.473. The van der Waals surface area contributed by atoms with Crippen molar-refractivity contribution in [2.24, 2.45) is 0 Å². The highest BCUT2D eigenvalue weighted by molar-refractivity contribution is 6.58. The molecule has 72 valence electrons. The van der Waals surface area contributed by atoms with Crippen LogP contribution in [0.3, 0.4) is 0 Å². The fourth-order valence-electron chi connectivity index (χ4n) is 1.02. The summed E-state index contributed by atoms with van der Waals surface area (Å²) in [6, 6.07) is 7.17. The van der Waals surface area contributed by atoms with Crippen molar-refractivity contribution < 1.29 is 9.18 Å². The number of halogens is 1. The fourth-order valence-corrected chi connectivity index (χ4v) is 1.68. The number of hydrogen-bond donors (Lipinski definition) is 0. The number of anilines is 1. The number of nitrogens with zero attached hydrogens (tertiary/aromatic N) is 1. The lowest BCUT2D eigenvalue weighted by molar-refractivity contribution is 0.229. The molecule has 0 unspecified atom stereocenters. The van der Waals surface area contributed by atoms with Gasteiger partial charge in [0.15, 0.2) is 0 Å². The maximum atomic E-state index is 12.4. The van der Waals surface area contributed by atoms with Crippen LogP contribution in [0.5, 0.6) is 0 Å². The first-order chi connectivity index (χ1) is 6.65. The number of amides is 1. The number of carbonyl (C=O) groups is 1. The Kier molecular flexibility index (Phi) is 3.59. The van der Waals surface area contributed by atoms with E-state index in [1.165, 1.54) is 7.05 Å². The molecular formula is C10H10FNOSi. The van der Waals surface area contributed by atoms with Crippen LogP contribution in [0.15, 0.2) is 36.5 Å². The Balaban J connectivity index is 2.92. The van der Waals surface area contributed by atoms with Gasteiger partial charge in [0.1, 0.15) is 9.52 Å². The average Bonchev–Trinajstić information content (AvgIpc) is 2.17. The Labute approximate surface area is 84.9 Å². The number of rotatable bonds is 3. The topological polar surface area (TPSA) is 20.3 Å². The summed E-state index contributed by atoms with van der Waals surface area (Å²) in [7, 11) is 1.87. The molecule has 0 atom stereocenters. The summed E-state index contributed by atoms with van der Waals surface area (Å²) in [5.41, 5.74) is 2.35. The summed E-state index contributed by atoms with van der Waals surface area (Å²) >= 11 is 0. The minimum Gasteiger partial charge on any atom is -0.287 e. The highest BCUT2D eigenvalue weighted by atomic mass is 28.2. The second-order valence-electron chi connectivity index (χ2n) is 2.71. The Bertz CT molecular complexity index is 354. The van der Waals surface area contributed by atoms with E-state index in [1.807, 2.05) is 6.07 Å². The van der Waals surface area contributed by atoms with Gasteiger partial charge in [0.25, 0.3) is 0 Å². The summed E-state index contributed by atoms with van der Waals surface area (Å²) < 4.78 is 12.4. The van der Waals surface area contributed by atoms with Crippen LogP contribution >= 0.6 is 0 Å². The van der Waals surface area contributed by atoms with E-state index in [0.29, 0.717) is 15.2 Å². The van der Waals surface area contributed by atoms with Crippen molar-refractivity contribution in [1.29, 1.82) is 0 Å². The molecule has 0 N–H and O–H groups in total. The zero-order valence-corrected chi connectivity index (χ0v) is 8.83. The van der Waals surface area contributed by atoms with Crippen LogP contribution in [0.1, 0.15) is 0 Å². The van der Waals surface area contributed by atoms with E-state index in [-0.39, 0.29) is 0 Å². The Morgan fingerprint density at radius 2 is 2.36 bits per heavy atom. The molecule has 2 radical (unpaired) electrons. The molecule has 0 fully saturated rings. The van der Waals surface area contributed by atoms with Crippen LogP contribution in [0.2, 0.25) is 0 Å². The number of hydrogen-bond acceptors (Lipinski definition) is 1. The van der Waals surface area contributed by atoms with E-state index in [0.717, 1.165) is 10.1 Å². The maximum absolute atomic E-state index is 12.4. The van der Waals surface area contributed by atoms with Crippen molar-refractivity contribution in [1.82, 2.24) is 0 Å². The first-order valence-corrected chi connectivity index (χ1v) is 5.13. The number of benzene rings is 1. The van der Waals surface area contributed by atoms with Gasteiger partial charge in [0.05, 0.1) is 0 Å². The molecule has 1 aromatic carbocycles. The molecule has 0 spiro atoms. The van der Waals surface area contributed by atoms with Gasteiger partial charge in [0, 0.05) is 12.7 Å². The summed E-state index contributed by atoms with van der Waals surface area (Å²) in [6.07, 6.45) is -1.45. The summed E-state index contributed by atoms with van der Waals surface area (Å²) in [5.74, 6) is 0. The van der Waals surface area contributed by atoms with Gasteiger partial charge in [-0.3, -0.25) is 4.90 Å². The van der Waals surface area contributed by atoms with E-state index in [1.54, 1.807) is 23.9 Å². The molecule has 0 aliphatic rings. The van der Waals surface area contributed by atoms with Gasteiger partial charge in [-0.25, -0.2) is 4.79 Å². The zero-order valence-electron chi connectivity index (χ0n) is 7.83. The third kappa shape index (κ3) is 2.53. The molecule has 2 nitrogen and oxygen atoms in total. The second-order valence-corrected chi connectivity index (χ2v) is 3.99. The van der Waals surface area contributed by atoms with Gasteiger partial charge in [-0.1, -0.05) is 17.3 Å². The van der Waals surface area contributed by atoms with E-state index in [4.69, 9.17) is 0 Å². The first kappa shape index (κ1) is 10.7. The van der Waals surface area contributed by atoms with E-state index in [2.05, 4.69) is 6.58 Å². The molecule has 0 bridgehead atoms. The molecule has 0 heterocycles.